The molecule has 2 heterocycles. The van der Waals surface area contributed by atoms with E-state index < -0.39 is 23.4 Å². The molecule has 1 aromatic carbocycles. The molecule has 1 saturated heterocycles. The van der Waals surface area contributed by atoms with Gasteiger partial charge in [0.25, 0.3) is 0 Å². The Bertz CT molecular complexity index is 1060. The van der Waals surface area contributed by atoms with Crippen LogP contribution in [-0.2, 0) is 6.18 Å². The van der Waals surface area contributed by atoms with Crippen molar-refractivity contribution < 1.29 is 27.9 Å². The Morgan fingerprint density at radius 1 is 1.19 bits per heavy atom. The zero-order valence-corrected chi connectivity index (χ0v) is 16.4. The zero-order valence-electron chi connectivity index (χ0n) is 16.4. The molecule has 11 heteroatoms. The molecule has 8 nitrogen and oxygen atoms in total. The van der Waals surface area contributed by atoms with E-state index in [4.69, 9.17) is 5.11 Å². The van der Waals surface area contributed by atoms with Gasteiger partial charge in [0.1, 0.15) is 11.9 Å². The third-order valence-corrected chi connectivity index (χ3v) is 4.76. The van der Waals surface area contributed by atoms with E-state index in [1.54, 1.807) is 24.3 Å². The van der Waals surface area contributed by atoms with Crippen LogP contribution in [0.25, 0.3) is 0 Å². The first-order valence-corrected chi connectivity index (χ1v) is 9.23. The molecule has 2 N–H and O–H groups in total. The number of aromatic carboxylic acids is 1. The smallest absolute Gasteiger partial charge is 0.434 e. The van der Waals surface area contributed by atoms with Gasteiger partial charge in [0.05, 0.1) is 11.1 Å². The molecular formula is C20H18F3N5O3. The van der Waals surface area contributed by atoms with Gasteiger partial charge in [-0.05, 0) is 30.7 Å². The summed E-state index contributed by atoms with van der Waals surface area (Å²) in [7, 11) is 0. The average molecular weight is 433 g/mol. The van der Waals surface area contributed by atoms with Crippen LogP contribution in [0.15, 0.2) is 30.3 Å². The maximum Gasteiger partial charge on any atom is 0.434 e. The SMILES string of the molecule is Cc1cccc(NC(=O)N2CCN(c3nc(C(F)(F)F)c(C(=O)O)cc3C#N)CC2)c1. The van der Waals surface area contributed by atoms with Crippen molar-refractivity contribution >= 4 is 23.5 Å². The Hall–Kier alpha value is -3.81. The monoisotopic (exact) mass is 433 g/mol. The van der Waals surface area contributed by atoms with Crippen LogP contribution in [-0.4, -0.2) is 53.2 Å². The highest BCUT2D eigenvalue weighted by Crippen LogP contribution is 2.34. The number of carbonyl (C=O) groups is 2. The number of aromatic nitrogens is 1. The number of piperazine rings is 1. The topological polar surface area (TPSA) is 110 Å². The van der Waals surface area contributed by atoms with Crippen LogP contribution in [0.4, 0.5) is 29.5 Å². The number of halogens is 3. The Morgan fingerprint density at radius 2 is 1.87 bits per heavy atom. The number of nitriles is 1. The molecule has 3 rings (SSSR count). The standard InChI is InChI=1S/C20H18F3N5O3/c1-12-3-2-4-14(9-12)25-19(31)28-7-5-27(6-8-28)17-13(11-24)10-15(18(29)30)16(26-17)20(21,22)23/h2-4,9-10H,5-8H2,1H3,(H,25,31)(H,29,30). The number of hydrogen-bond donors (Lipinski definition) is 2. The fourth-order valence-electron chi connectivity index (χ4n) is 3.25. The highest BCUT2D eigenvalue weighted by atomic mass is 19.4. The zero-order chi connectivity index (χ0) is 22.8. The van der Waals surface area contributed by atoms with Gasteiger partial charge in [-0.25, -0.2) is 14.6 Å². The summed E-state index contributed by atoms with van der Waals surface area (Å²) in [5, 5.41) is 21.1. The third kappa shape index (κ3) is 4.85. The largest absolute Gasteiger partial charge is 0.478 e. The van der Waals surface area contributed by atoms with Crippen molar-refractivity contribution in [2.45, 2.75) is 13.1 Å². The lowest BCUT2D eigenvalue weighted by Gasteiger charge is -2.36. The van der Waals surface area contributed by atoms with Crippen molar-refractivity contribution in [1.29, 1.82) is 5.26 Å². The van der Waals surface area contributed by atoms with E-state index in [0.717, 1.165) is 5.56 Å². The molecule has 1 aromatic heterocycles. The third-order valence-electron chi connectivity index (χ3n) is 4.76. The van der Waals surface area contributed by atoms with Gasteiger partial charge >= 0.3 is 18.2 Å². The Morgan fingerprint density at radius 3 is 2.42 bits per heavy atom. The van der Waals surface area contributed by atoms with Crippen LogP contribution in [0.1, 0.15) is 27.2 Å². The predicted molar refractivity (Wildman–Crippen MR) is 105 cm³/mol. The molecule has 2 aromatic rings. The molecule has 0 bridgehead atoms. The van der Waals surface area contributed by atoms with E-state index in [9.17, 15) is 28.0 Å². The minimum Gasteiger partial charge on any atom is -0.478 e. The molecule has 1 aliphatic rings. The molecule has 0 radical (unpaired) electrons. The number of anilines is 2. The minimum atomic E-state index is -4.99. The van der Waals surface area contributed by atoms with Gasteiger partial charge in [0.15, 0.2) is 5.69 Å². The lowest BCUT2D eigenvalue weighted by molar-refractivity contribution is -0.141. The number of carbonyl (C=O) groups excluding carboxylic acids is 1. The van der Waals surface area contributed by atoms with E-state index >= 15 is 0 Å². The summed E-state index contributed by atoms with van der Waals surface area (Å²) in [4.78, 5) is 30.1. The van der Waals surface area contributed by atoms with Crippen molar-refractivity contribution in [3.63, 3.8) is 0 Å². The first-order chi connectivity index (χ1) is 14.6. The van der Waals surface area contributed by atoms with Crippen LogP contribution in [0, 0.1) is 18.3 Å². The number of urea groups is 1. The van der Waals surface area contributed by atoms with Gasteiger partial charge < -0.3 is 20.2 Å². The molecule has 0 saturated carbocycles. The van der Waals surface area contributed by atoms with E-state index in [-0.39, 0.29) is 43.6 Å². The summed E-state index contributed by atoms with van der Waals surface area (Å²) in [6.07, 6.45) is -4.99. The number of carboxylic acids is 1. The number of carboxylic acid groups (broad SMARTS) is 1. The maximum absolute atomic E-state index is 13.3. The van der Waals surface area contributed by atoms with E-state index in [1.807, 2.05) is 13.0 Å². The number of pyridine rings is 1. The molecule has 2 amide bonds. The highest BCUT2D eigenvalue weighted by molar-refractivity contribution is 5.91. The van der Waals surface area contributed by atoms with Gasteiger partial charge in [0, 0.05) is 31.9 Å². The lowest BCUT2D eigenvalue weighted by atomic mass is 10.1. The Kier molecular flexibility index (Phi) is 6.01. The lowest BCUT2D eigenvalue weighted by Crippen LogP contribution is -2.50. The molecule has 0 unspecified atom stereocenters. The molecule has 31 heavy (non-hydrogen) atoms. The summed E-state index contributed by atoms with van der Waals surface area (Å²) in [6.45, 7) is 2.52. The van der Waals surface area contributed by atoms with Gasteiger partial charge in [-0.1, -0.05) is 12.1 Å². The summed E-state index contributed by atoms with van der Waals surface area (Å²) in [5.74, 6) is -2.07. The summed E-state index contributed by atoms with van der Waals surface area (Å²) >= 11 is 0. The number of rotatable bonds is 3. The van der Waals surface area contributed by atoms with E-state index in [1.165, 1.54) is 9.80 Å². The van der Waals surface area contributed by atoms with Gasteiger partial charge in [-0.2, -0.15) is 18.4 Å². The van der Waals surface area contributed by atoms with Crippen molar-refractivity contribution in [2.75, 3.05) is 36.4 Å². The molecule has 0 aliphatic carbocycles. The van der Waals surface area contributed by atoms with Crippen molar-refractivity contribution in [3.8, 4) is 6.07 Å². The summed E-state index contributed by atoms with van der Waals surface area (Å²) in [5.41, 5.74) is -1.32. The quantitative estimate of drug-likeness (QED) is 0.769. The fourth-order valence-corrected chi connectivity index (χ4v) is 3.25. The molecule has 162 valence electrons. The number of nitrogens with zero attached hydrogens (tertiary/aromatic N) is 4. The summed E-state index contributed by atoms with van der Waals surface area (Å²) in [6, 6.07) is 9.28. The van der Waals surface area contributed by atoms with Gasteiger partial charge in [-0.3, -0.25) is 0 Å². The van der Waals surface area contributed by atoms with Crippen LogP contribution in [0.3, 0.4) is 0 Å². The normalized spacial score (nSPS) is 14.2. The predicted octanol–water partition coefficient (Wildman–Crippen LogP) is 3.33. The second kappa shape index (κ2) is 8.51. The van der Waals surface area contributed by atoms with Crippen LogP contribution < -0.4 is 10.2 Å². The maximum atomic E-state index is 13.3. The minimum absolute atomic E-state index is 0.132. The number of hydrogen-bond acceptors (Lipinski definition) is 5. The summed E-state index contributed by atoms with van der Waals surface area (Å²) < 4.78 is 39.9. The van der Waals surface area contributed by atoms with E-state index in [0.29, 0.717) is 11.8 Å². The Balaban J connectivity index is 1.78. The number of nitrogens with one attached hydrogen (secondary N) is 1. The van der Waals surface area contributed by atoms with Crippen LogP contribution in [0.5, 0.6) is 0 Å². The molecule has 0 spiro atoms. The number of benzene rings is 1. The van der Waals surface area contributed by atoms with Crippen molar-refractivity contribution in [2.24, 2.45) is 0 Å². The molecule has 1 fully saturated rings. The Labute approximate surface area is 175 Å². The molecular weight excluding hydrogens is 415 g/mol. The second-order valence-corrected chi connectivity index (χ2v) is 6.94. The van der Waals surface area contributed by atoms with Gasteiger partial charge in [0.2, 0.25) is 0 Å². The van der Waals surface area contributed by atoms with Crippen molar-refractivity contribution in [3.05, 3.63) is 52.7 Å². The van der Waals surface area contributed by atoms with Crippen molar-refractivity contribution in [1.82, 2.24) is 9.88 Å². The van der Waals surface area contributed by atoms with E-state index in [2.05, 4.69) is 10.3 Å². The average Bonchev–Trinajstić information content (AvgIpc) is 2.72. The molecule has 0 atom stereocenters. The second-order valence-electron chi connectivity index (χ2n) is 6.94. The fraction of sp³-hybridized carbons (Fsp3) is 0.300. The number of amides is 2. The number of alkyl halides is 3. The number of aryl methyl sites for hydroxylation is 1. The first-order valence-electron chi connectivity index (χ1n) is 9.23. The van der Waals surface area contributed by atoms with Crippen LogP contribution in [0.2, 0.25) is 0 Å². The first kappa shape index (κ1) is 21.9. The molecule has 1 aliphatic heterocycles. The van der Waals surface area contributed by atoms with Gasteiger partial charge in [-0.15, -0.1) is 0 Å². The van der Waals surface area contributed by atoms with Crippen LogP contribution >= 0.6 is 0 Å². The highest BCUT2D eigenvalue weighted by Gasteiger charge is 2.39.